The quantitative estimate of drug-likeness (QED) is 0.599. The van der Waals surface area contributed by atoms with Gasteiger partial charge >= 0.3 is 5.97 Å². The molecule has 1 saturated carbocycles. The zero-order chi connectivity index (χ0) is 20.3. The van der Waals surface area contributed by atoms with Crippen molar-refractivity contribution in [3.63, 3.8) is 0 Å². The highest BCUT2D eigenvalue weighted by molar-refractivity contribution is 6.07. The number of esters is 1. The van der Waals surface area contributed by atoms with Crippen molar-refractivity contribution in [2.75, 3.05) is 18.5 Å². The number of nitrogens with one attached hydrogen (secondary N) is 1. The van der Waals surface area contributed by atoms with Crippen LogP contribution in [0, 0.1) is 11.8 Å². The van der Waals surface area contributed by atoms with E-state index in [1.54, 1.807) is 12.1 Å². The molecule has 0 aromatic heterocycles. The van der Waals surface area contributed by atoms with Crippen LogP contribution in [-0.2, 0) is 23.9 Å². The average Bonchev–Trinajstić information content (AvgIpc) is 2.92. The van der Waals surface area contributed by atoms with Crippen LogP contribution >= 0.6 is 0 Å². The molecule has 1 heterocycles. The first-order valence-electron chi connectivity index (χ1n) is 9.77. The number of rotatable bonds is 6. The predicted octanol–water partition coefficient (Wildman–Crippen LogP) is 2.47. The molecule has 2 aliphatic rings. The molecular formula is C21H26N2O5. The lowest BCUT2D eigenvalue weighted by molar-refractivity contribution is -0.154. The lowest BCUT2D eigenvalue weighted by atomic mass is 9.81. The number of nitrogens with zero attached hydrogens (tertiary/aromatic N) is 1. The van der Waals surface area contributed by atoms with Gasteiger partial charge in [0.1, 0.15) is 6.54 Å². The van der Waals surface area contributed by atoms with Crippen molar-refractivity contribution >= 4 is 29.4 Å². The van der Waals surface area contributed by atoms with Crippen LogP contribution in [0.1, 0.15) is 51.0 Å². The molecule has 0 radical (unpaired) electrons. The minimum absolute atomic E-state index is 0.290. The first-order valence-corrected chi connectivity index (χ1v) is 9.77. The summed E-state index contributed by atoms with van der Waals surface area (Å²) in [5, 5.41) is 2.65. The van der Waals surface area contributed by atoms with Gasteiger partial charge < -0.3 is 10.1 Å². The smallest absolute Gasteiger partial charge is 0.326 e. The van der Waals surface area contributed by atoms with Gasteiger partial charge in [-0.05, 0) is 36.5 Å². The van der Waals surface area contributed by atoms with E-state index < -0.39 is 25.0 Å². The molecule has 1 N–H and O–H groups in total. The molecule has 0 spiro atoms. The van der Waals surface area contributed by atoms with E-state index in [1.165, 1.54) is 0 Å². The molecule has 0 bridgehead atoms. The number of carbonyl (C=O) groups excluding carboxylic acids is 4. The molecule has 2 fully saturated rings. The molecule has 1 aromatic rings. The zero-order valence-electron chi connectivity index (χ0n) is 16.3. The molecule has 7 nitrogen and oxygen atoms in total. The monoisotopic (exact) mass is 386 g/mol. The predicted molar refractivity (Wildman–Crippen MR) is 102 cm³/mol. The van der Waals surface area contributed by atoms with Crippen LogP contribution in [-0.4, -0.2) is 41.7 Å². The number of hydrogen-bond donors (Lipinski definition) is 1. The minimum atomic E-state index is -0.759. The summed E-state index contributed by atoms with van der Waals surface area (Å²) in [5.41, 5.74) is 1.77. The van der Waals surface area contributed by atoms with E-state index in [-0.39, 0.29) is 23.7 Å². The van der Waals surface area contributed by atoms with Gasteiger partial charge in [-0.1, -0.05) is 38.8 Å². The Kier molecular flexibility index (Phi) is 6.11. The molecule has 1 saturated heterocycles. The number of imide groups is 1. The molecule has 1 aliphatic carbocycles. The summed E-state index contributed by atoms with van der Waals surface area (Å²) >= 11 is 0. The van der Waals surface area contributed by atoms with Crippen molar-refractivity contribution in [1.29, 1.82) is 0 Å². The van der Waals surface area contributed by atoms with Crippen LogP contribution in [0.5, 0.6) is 0 Å². The summed E-state index contributed by atoms with van der Waals surface area (Å²) in [6.45, 7) is 3.27. The Labute approximate surface area is 164 Å². The van der Waals surface area contributed by atoms with Crippen molar-refractivity contribution in [1.82, 2.24) is 4.90 Å². The Morgan fingerprint density at radius 1 is 1.07 bits per heavy atom. The normalized spacial score (nSPS) is 21.6. The van der Waals surface area contributed by atoms with E-state index >= 15 is 0 Å². The van der Waals surface area contributed by atoms with E-state index in [0.29, 0.717) is 24.4 Å². The number of amides is 3. The fourth-order valence-electron chi connectivity index (χ4n) is 3.86. The van der Waals surface area contributed by atoms with E-state index in [1.807, 2.05) is 12.1 Å². The Balaban J connectivity index is 1.47. The van der Waals surface area contributed by atoms with Gasteiger partial charge in [0.15, 0.2) is 6.61 Å². The van der Waals surface area contributed by atoms with Crippen molar-refractivity contribution in [2.24, 2.45) is 11.8 Å². The Morgan fingerprint density at radius 3 is 2.18 bits per heavy atom. The second kappa shape index (κ2) is 8.54. The van der Waals surface area contributed by atoms with Crippen molar-refractivity contribution < 1.29 is 23.9 Å². The second-order valence-electron chi connectivity index (χ2n) is 7.75. The largest absolute Gasteiger partial charge is 0.454 e. The van der Waals surface area contributed by atoms with E-state index in [2.05, 4.69) is 19.2 Å². The third-order valence-electron chi connectivity index (χ3n) is 5.44. The fraction of sp³-hybridized carbons (Fsp3) is 0.524. The third kappa shape index (κ3) is 4.40. The van der Waals surface area contributed by atoms with E-state index in [9.17, 15) is 19.2 Å². The lowest BCUT2D eigenvalue weighted by Crippen LogP contribution is -2.37. The zero-order valence-corrected chi connectivity index (χ0v) is 16.3. The van der Waals surface area contributed by atoms with Gasteiger partial charge in [-0.3, -0.25) is 24.1 Å². The summed E-state index contributed by atoms with van der Waals surface area (Å²) in [4.78, 5) is 49.7. The molecule has 150 valence electrons. The number of likely N-dealkylation sites (tertiary alicyclic amines) is 1. The van der Waals surface area contributed by atoms with Crippen molar-refractivity contribution in [3.8, 4) is 0 Å². The van der Waals surface area contributed by atoms with Gasteiger partial charge in [-0.15, -0.1) is 0 Å². The van der Waals surface area contributed by atoms with Crippen LogP contribution in [0.15, 0.2) is 24.3 Å². The van der Waals surface area contributed by atoms with E-state index in [0.717, 1.165) is 23.3 Å². The number of ether oxygens (including phenoxy) is 1. The van der Waals surface area contributed by atoms with E-state index in [4.69, 9.17) is 4.74 Å². The molecule has 7 heteroatoms. The molecule has 2 atom stereocenters. The first kappa shape index (κ1) is 20.0. The number of anilines is 1. The Bertz CT molecular complexity index is 748. The molecule has 3 rings (SSSR count). The van der Waals surface area contributed by atoms with Gasteiger partial charge in [-0.25, -0.2) is 0 Å². The summed E-state index contributed by atoms with van der Waals surface area (Å²) in [5.74, 6) is -2.02. The van der Waals surface area contributed by atoms with Gasteiger partial charge in [-0.2, -0.15) is 0 Å². The average molecular weight is 386 g/mol. The van der Waals surface area contributed by atoms with Gasteiger partial charge in [0, 0.05) is 5.69 Å². The second-order valence-corrected chi connectivity index (χ2v) is 7.75. The summed E-state index contributed by atoms with van der Waals surface area (Å²) in [6, 6.07) is 7.43. The maximum atomic E-state index is 12.4. The fourth-order valence-corrected chi connectivity index (χ4v) is 3.86. The van der Waals surface area contributed by atoms with Gasteiger partial charge in [0.2, 0.25) is 11.8 Å². The van der Waals surface area contributed by atoms with Crippen LogP contribution < -0.4 is 5.32 Å². The SMILES string of the molecule is CC(C)c1ccc(NC(=O)COC(=O)CN2C(=O)[C@@H]3CCCC[C@H]3C2=O)cc1. The number of hydrogen-bond acceptors (Lipinski definition) is 5. The van der Waals surface area contributed by atoms with Crippen molar-refractivity contribution in [3.05, 3.63) is 29.8 Å². The summed E-state index contributed by atoms with van der Waals surface area (Å²) in [7, 11) is 0. The highest BCUT2D eigenvalue weighted by atomic mass is 16.5. The Morgan fingerprint density at radius 2 is 1.64 bits per heavy atom. The highest BCUT2D eigenvalue weighted by Crippen LogP contribution is 2.37. The minimum Gasteiger partial charge on any atom is -0.454 e. The van der Waals surface area contributed by atoms with Crippen LogP contribution in [0.2, 0.25) is 0 Å². The highest BCUT2D eigenvalue weighted by Gasteiger charge is 2.48. The summed E-state index contributed by atoms with van der Waals surface area (Å²) < 4.78 is 4.95. The maximum Gasteiger partial charge on any atom is 0.326 e. The van der Waals surface area contributed by atoms with Gasteiger partial charge in [0.05, 0.1) is 11.8 Å². The number of benzene rings is 1. The van der Waals surface area contributed by atoms with Crippen LogP contribution in [0.3, 0.4) is 0 Å². The first-order chi connectivity index (χ1) is 13.4. The number of fused-ring (bicyclic) bond motifs is 1. The molecular weight excluding hydrogens is 360 g/mol. The van der Waals surface area contributed by atoms with Crippen LogP contribution in [0.4, 0.5) is 5.69 Å². The molecule has 3 amide bonds. The lowest BCUT2D eigenvalue weighted by Gasteiger charge is -2.19. The molecule has 1 aromatic carbocycles. The Hall–Kier alpha value is -2.70. The maximum absolute atomic E-state index is 12.4. The van der Waals surface area contributed by atoms with Gasteiger partial charge in [0.25, 0.3) is 5.91 Å². The number of carbonyl (C=O) groups is 4. The standard InChI is InChI=1S/C21H26N2O5/c1-13(2)14-7-9-15(10-8-14)22-18(24)12-28-19(25)11-23-20(26)16-5-3-4-6-17(16)21(23)27/h7-10,13,16-17H,3-6,11-12H2,1-2H3,(H,22,24)/t16-,17-/m1/s1. The van der Waals surface area contributed by atoms with Crippen LogP contribution in [0.25, 0.3) is 0 Å². The topological polar surface area (TPSA) is 92.8 Å². The summed E-state index contributed by atoms with van der Waals surface area (Å²) in [6.07, 6.45) is 3.24. The van der Waals surface area contributed by atoms with Crippen molar-refractivity contribution in [2.45, 2.75) is 45.4 Å². The molecule has 28 heavy (non-hydrogen) atoms. The third-order valence-corrected chi connectivity index (χ3v) is 5.44. The molecule has 1 aliphatic heterocycles. The molecule has 0 unspecified atom stereocenters.